The van der Waals surface area contributed by atoms with Crippen LogP contribution < -0.4 is 0 Å². The molecule has 6 nitrogen and oxygen atoms in total. The van der Waals surface area contributed by atoms with Crippen LogP contribution in [0, 0.1) is 0 Å². The van der Waals surface area contributed by atoms with Crippen molar-refractivity contribution in [2.24, 2.45) is 0 Å². The van der Waals surface area contributed by atoms with Crippen molar-refractivity contribution < 1.29 is 9.53 Å². The van der Waals surface area contributed by atoms with E-state index in [1.165, 1.54) is 28.3 Å². The predicted octanol–water partition coefficient (Wildman–Crippen LogP) is 7.80. The highest BCUT2D eigenvalue weighted by atomic mass is 35.5. The molecule has 3 heterocycles. The van der Waals surface area contributed by atoms with E-state index in [0.29, 0.717) is 19.0 Å². The van der Waals surface area contributed by atoms with Crippen molar-refractivity contribution in [1.82, 2.24) is 19.4 Å². The van der Waals surface area contributed by atoms with Crippen LogP contribution >= 0.6 is 11.6 Å². The first kappa shape index (κ1) is 26.0. The van der Waals surface area contributed by atoms with Gasteiger partial charge in [0.25, 0.3) is 0 Å². The molecule has 7 heteroatoms. The maximum Gasteiger partial charge on any atom is 0.410 e. The quantitative estimate of drug-likeness (QED) is 0.233. The van der Waals surface area contributed by atoms with Crippen LogP contribution in [-0.4, -0.2) is 44.7 Å². The zero-order valence-corrected chi connectivity index (χ0v) is 23.2. The van der Waals surface area contributed by atoms with E-state index in [2.05, 4.69) is 33.8 Å². The Labute approximate surface area is 235 Å². The summed E-state index contributed by atoms with van der Waals surface area (Å²) in [6, 6.07) is 12.8. The van der Waals surface area contributed by atoms with E-state index in [1.807, 2.05) is 42.0 Å². The summed E-state index contributed by atoms with van der Waals surface area (Å²) in [6.45, 7) is 2.33. The highest BCUT2D eigenvalue weighted by molar-refractivity contribution is 6.31. The van der Waals surface area contributed by atoms with Crippen molar-refractivity contribution in [3.8, 4) is 0 Å². The monoisotopic (exact) mass is 543 g/mol. The van der Waals surface area contributed by atoms with Crippen LogP contribution in [0.5, 0.6) is 0 Å². The van der Waals surface area contributed by atoms with Gasteiger partial charge in [-0.05, 0) is 68.7 Å². The number of imidazole rings is 1. The number of halogens is 1. The number of piperidine rings is 1. The van der Waals surface area contributed by atoms with E-state index in [9.17, 15) is 4.79 Å². The number of benzene rings is 1. The van der Waals surface area contributed by atoms with E-state index in [1.54, 1.807) is 0 Å². The van der Waals surface area contributed by atoms with Crippen LogP contribution in [-0.2, 0) is 17.7 Å². The molecule has 2 aromatic carbocycles. The Morgan fingerprint density at radius 1 is 1.05 bits per heavy atom. The number of nitrogens with zero attached hydrogens (tertiary/aromatic N) is 4. The molecule has 0 spiro atoms. The molecule has 6 rings (SSSR count). The van der Waals surface area contributed by atoms with Crippen LogP contribution in [0.3, 0.4) is 0 Å². The number of rotatable bonds is 6. The fraction of sp³-hybridized carbons (Fsp3) is 0.438. The topological polar surface area (TPSA) is 60.2 Å². The number of likely N-dealkylation sites (tertiary alicyclic amines) is 1. The lowest BCUT2D eigenvalue weighted by molar-refractivity contribution is 0.0405. The van der Waals surface area contributed by atoms with E-state index in [4.69, 9.17) is 21.3 Å². The molecule has 0 atom stereocenters. The van der Waals surface area contributed by atoms with E-state index < -0.39 is 0 Å². The molecule has 2 fully saturated rings. The summed E-state index contributed by atoms with van der Waals surface area (Å²) in [4.78, 5) is 24.0. The third-order valence-electron chi connectivity index (χ3n) is 8.45. The molecule has 39 heavy (non-hydrogen) atoms. The largest absolute Gasteiger partial charge is 0.446 e. The van der Waals surface area contributed by atoms with Gasteiger partial charge >= 0.3 is 6.09 Å². The van der Waals surface area contributed by atoms with Crippen molar-refractivity contribution in [3.63, 3.8) is 0 Å². The van der Waals surface area contributed by atoms with Crippen molar-refractivity contribution in [1.29, 1.82) is 0 Å². The van der Waals surface area contributed by atoms with Crippen LogP contribution in [0.15, 0.2) is 61.3 Å². The number of aromatic nitrogens is 3. The maximum absolute atomic E-state index is 12.9. The molecule has 202 valence electrons. The molecular formula is C32H36ClN4O2+. The zero-order chi connectivity index (χ0) is 26.6. The van der Waals surface area contributed by atoms with E-state index in [0.717, 1.165) is 73.8 Å². The number of pyridine rings is 1. The lowest BCUT2D eigenvalue weighted by Gasteiger charge is -2.32. The van der Waals surface area contributed by atoms with Gasteiger partial charge in [-0.2, -0.15) is 0 Å². The van der Waals surface area contributed by atoms with Crippen LogP contribution in [0.1, 0.15) is 68.4 Å². The Morgan fingerprint density at radius 2 is 1.90 bits per heavy atom. The van der Waals surface area contributed by atoms with E-state index >= 15 is 0 Å². The first-order valence-corrected chi connectivity index (χ1v) is 14.8. The van der Waals surface area contributed by atoms with Gasteiger partial charge < -0.3 is 14.2 Å². The second-order valence-corrected chi connectivity index (χ2v) is 11.5. The zero-order valence-electron chi connectivity index (χ0n) is 22.4. The number of aryl methyl sites for hydroxylation is 2. The molecular weight excluding hydrogens is 508 g/mol. The third kappa shape index (κ3) is 5.86. The second kappa shape index (κ2) is 11.9. The van der Waals surface area contributed by atoms with Crippen molar-refractivity contribution in [2.45, 2.75) is 76.4 Å². The Morgan fingerprint density at radius 3 is 2.69 bits per heavy atom. The highest BCUT2D eigenvalue weighted by Gasteiger charge is 2.31. The molecule has 2 aliphatic rings. The molecule has 1 amide bonds. The minimum atomic E-state index is -0.140. The van der Waals surface area contributed by atoms with Gasteiger partial charge in [0.15, 0.2) is 0 Å². The van der Waals surface area contributed by atoms with Gasteiger partial charge in [0.2, 0.25) is 0 Å². The van der Waals surface area contributed by atoms with Gasteiger partial charge in [0, 0.05) is 85.8 Å². The Balaban J connectivity index is 1.30. The molecule has 0 unspecified atom stereocenters. The molecule has 2 aromatic heterocycles. The average molecular weight is 544 g/mol. The molecule has 0 bridgehead atoms. The minimum absolute atomic E-state index is 0.0891. The van der Waals surface area contributed by atoms with Crippen LogP contribution in [0.25, 0.3) is 21.7 Å². The maximum atomic E-state index is 12.9. The molecule has 1 aliphatic heterocycles. The number of carbonyl (C=O) groups excluding carboxylic acids is 1. The number of hydrogen-bond acceptors (Lipinski definition) is 4. The SMILES string of the molecule is O=C(OC1CCCCC1)N1CCC(c2c3ncccc3c(CCCn3ccnc3)c[c+]3cc(Cl)ccc23)CC1. The molecule has 1 saturated carbocycles. The van der Waals surface area contributed by atoms with Gasteiger partial charge in [-0.3, -0.25) is 0 Å². The molecule has 1 saturated heterocycles. The number of carbonyl (C=O) groups is 1. The summed E-state index contributed by atoms with van der Waals surface area (Å²) in [5.74, 6) is 0.302. The highest BCUT2D eigenvalue weighted by Crippen LogP contribution is 2.39. The number of fused-ring (bicyclic) bond motifs is 2. The summed E-state index contributed by atoms with van der Waals surface area (Å²) >= 11 is 6.51. The summed E-state index contributed by atoms with van der Waals surface area (Å²) in [5.41, 5.74) is 3.62. The van der Waals surface area contributed by atoms with Crippen molar-refractivity contribution in [3.05, 3.63) is 77.5 Å². The first-order valence-electron chi connectivity index (χ1n) is 14.4. The number of ether oxygens (including phenoxy) is 1. The third-order valence-corrected chi connectivity index (χ3v) is 8.68. The first-order chi connectivity index (χ1) is 19.2. The van der Waals surface area contributed by atoms with Gasteiger partial charge in [0.1, 0.15) is 16.6 Å². The molecule has 4 aromatic rings. The standard InChI is InChI=1S/C32H36ClN4O2/c33-26-10-11-28-25(21-26)20-24(6-5-16-36-19-15-34-22-36)29-9-4-14-35-31(29)30(28)23-12-17-37(18-13-23)32(38)39-27-7-2-1-3-8-27/h4,9-11,14-15,19-23,27H,1-3,5-8,12-13,16-18H2/q+1. The Kier molecular flexibility index (Phi) is 7.91. The number of hydrogen-bond donors (Lipinski definition) is 0. The van der Waals surface area contributed by atoms with Gasteiger partial charge in [0.05, 0.1) is 22.7 Å². The summed E-state index contributed by atoms with van der Waals surface area (Å²) in [6.07, 6.45) is 16.8. The lowest BCUT2D eigenvalue weighted by Crippen LogP contribution is -2.40. The minimum Gasteiger partial charge on any atom is -0.446 e. The fourth-order valence-electron chi connectivity index (χ4n) is 6.41. The molecule has 1 aliphatic carbocycles. The summed E-state index contributed by atoms with van der Waals surface area (Å²) in [5, 5.41) is 4.28. The lowest BCUT2D eigenvalue weighted by atomic mass is 9.86. The van der Waals surface area contributed by atoms with Gasteiger partial charge in [-0.25, -0.2) is 14.8 Å². The van der Waals surface area contributed by atoms with Gasteiger partial charge in [-0.1, -0.05) is 6.42 Å². The molecule has 0 N–H and O–H groups in total. The van der Waals surface area contributed by atoms with Crippen LogP contribution in [0.2, 0.25) is 5.02 Å². The molecule has 0 radical (unpaired) electrons. The summed E-state index contributed by atoms with van der Waals surface area (Å²) in [7, 11) is 0. The normalized spacial score (nSPS) is 17.1. The van der Waals surface area contributed by atoms with Gasteiger partial charge in [-0.15, -0.1) is 0 Å². The van der Waals surface area contributed by atoms with E-state index in [-0.39, 0.29) is 12.2 Å². The van der Waals surface area contributed by atoms with Crippen LogP contribution in [0.4, 0.5) is 4.79 Å². The second-order valence-electron chi connectivity index (χ2n) is 11.0. The van der Waals surface area contributed by atoms with Crippen molar-refractivity contribution >= 4 is 39.4 Å². The Bertz CT molecular complexity index is 1450. The predicted molar refractivity (Wildman–Crippen MR) is 156 cm³/mol. The average Bonchev–Trinajstić information content (AvgIpc) is 3.44. The summed E-state index contributed by atoms with van der Waals surface area (Å²) < 4.78 is 8.00. The number of amides is 1. The smallest absolute Gasteiger partial charge is 0.410 e. The van der Waals surface area contributed by atoms with Crippen molar-refractivity contribution in [2.75, 3.05) is 13.1 Å². The fourth-order valence-corrected chi connectivity index (χ4v) is 6.59. The Hall–Kier alpha value is -3.25.